The molecule has 0 aliphatic carbocycles. The monoisotopic (exact) mass is 802 g/mol. The molecule has 0 saturated carbocycles. The zero-order valence-electron chi connectivity index (χ0n) is 36.6. The van der Waals surface area contributed by atoms with Crippen LogP contribution in [0.15, 0.2) is 158 Å². The molecule has 0 aromatic heterocycles. The van der Waals surface area contributed by atoms with E-state index in [0.29, 0.717) is 22.9 Å². The van der Waals surface area contributed by atoms with E-state index in [1.54, 1.807) is 0 Å². The van der Waals surface area contributed by atoms with Gasteiger partial charge in [0.2, 0.25) is 5.91 Å². The van der Waals surface area contributed by atoms with Crippen molar-refractivity contribution in [2.75, 3.05) is 10.6 Å². The van der Waals surface area contributed by atoms with Gasteiger partial charge in [-0.15, -0.1) is 0 Å². The van der Waals surface area contributed by atoms with E-state index in [1.807, 2.05) is 154 Å². The maximum absolute atomic E-state index is 14.0. The third kappa shape index (κ3) is 9.74. The Balaban J connectivity index is 1.19. The maximum atomic E-state index is 14.0. The molecule has 0 unspecified atom stereocenters. The summed E-state index contributed by atoms with van der Waals surface area (Å²) in [4.78, 5) is 26.4. The molecule has 310 valence electrons. The highest BCUT2D eigenvalue weighted by Crippen LogP contribution is 2.46. The van der Waals surface area contributed by atoms with Crippen LogP contribution < -0.4 is 24.8 Å². The number of hydrogen-bond donors (Lipinski definition) is 2. The van der Waals surface area contributed by atoms with Crippen molar-refractivity contribution in [1.82, 2.24) is 0 Å². The standard InChI is InChI=1S/C53H58N2O5/c1-49(2,3)47(56)54-41-25-33-43(34-26-41)58-44-35-27-42(28-36-44)55-52(9,10)51(7,8)48(57)59-45-29-21-39(22-30-45)53(37-17-13-11-14-18-37,38-19-15-12-16-20-38)40-23-31-46(32-24-40)60-50(4,5)6/h11-36,55H,1-10H3,(H,54,56). The van der Waals surface area contributed by atoms with Gasteiger partial charge in [0.15, 0.2) is 0 Å². The highest BCUT2D eigenvalue weighted by atomic mass is 16.5. The second-order valence-electron chi connectivity index (χ2n) is 18.4. The van der Waals surface area contributed by atoms with Crippen LogP contribution >= 0.6 is 0 Å². The second kappa shape index (κ2) is 17.1. The molecule has 7 heteroatoms. The van der Waals surface area contributed by atoms with Crippen LogP contribution in [0.3, 0.4) is 0 Å². The molecule has 0 heterocycles. The predicted molar refractivity (Wildman–Crippen MR) is 243 cm³/mol. The minimum Gasteiger partial charge on any atom is -0.488 e. The van der Waals surface area contributed by atoms with Gasteiger partial charge in [-0.2, -0.15) is 0 Å². The van der Waals surface area contributed by atoms with Gasteiger partial charge in [0.05, 0.1) is 10.8 Å². The average molecular weight is 803 g/mol. The molecular weight excluding hydrogens is 745 g/mol. The van der Waals surface area contributed by atoms with E-state index >= 15 is 0 Å². The van der Waals surface area contributed by atoms with E-state index in [-0.39, 0.29) is 17.5 Å². The summed E-state index contributed by atoms with van der Waals surface area (Å²) in [7, 11) is 0. The van der Waals surface area contributed by atoms with Gasteiger partial charge in [0.1, 0.15) is 28.6 Å². The van der Waals surface area contributed by atoms with Gasteiger partial charge in [0, 0.05) is 22.3 Å². The number of amides is 1. The van der Waals surface area contributed by atoms with Gasteiger partial charge < -0.3 is 24.8 Å². The fourth-order valence-corrected chi connectivity index (χ4v) is 6.95. The van der Waals surface area contributed by atoms with E-state index in [0.717, 1.165) is 33.7 Å². The summed E-state index contributed by atoms with van der Waals surface area (Å²) in [5.74, 6) is 2.15. The highest BCUT2D eigenvalue weighted by molar-refractivity contribution is 5.94. The van der Waals surface area contributed by atoms with E-state index in [2.05, 4.69) is 83.4 Å². The lowest BCUT2D eigenvalue weighted by Crippen LogP contribution is -2.52. The molecule has 0 bridgehead atoms. The normalized spacial score (nSPS) is 12.3. The smallest absolute Gasteiger partial charge is 0.319 e. The van der Waals surface area contributed by atoms with Crippen LogP contribution in [0, 0.1) is 10.8 Å². The van der Waals surface area contributed by atoms with Crippen LogP contribution in [0.4, 0.5) is 11.4 Å². The number of ether oxygens (including phenoxy) is 3. The molecule has 0 fully saturated rings. The molecule has 6 aromatic carbocycles. The van der Waals surface area contributed by atoms with Crippen molar-refractivity contribution in [1.29, 1.82) is 0 Å². The van der Waals surface area contributed by atoms with Crippen LogP contribution in [-0.4, -0.2) is 23.0 Å². The number of anilines is 2. The molecule has 0 spiro atoms. The molecule has 60 heavy (non-hydrogen) atoms. The SMILES string of the molecule is CC(C)(C)Oc1ccc(C(c2ccccc2)(c2ccccc2)c2ccc(OC(=O)C(C)(C)C(C)(C)Nc3ccc(Oc4ccc(NC(=O)C(C)(C)C)cc4)cc3)cc2)cc1. The predicted octanol–water partition coefficient (Wildman–Crippen LogP) is 12.8. The van der Waals surface area contributed by atoms with E-state index in [1.165, 1.54) is 0 Å². The van der Waals surface area contributed by atoms with E-state index in [9.17, 15) is 9.59 Å². The van der Waals surface area contributed by atoms with Gasteiger partial charge in [-0.1, -0.05) is 106 Å². The minimum atomic E-state index is -0.945. The summed E-state index contributed by atoms with van der Waals surface area (Å²) < 4.78 is 18.4. The van der Waals surface area contributed by atoms with Crippen molar-refractivity contribution >= 4 is 23.3 Å². The second-order valence-corrected chi connectivity index (χ2v) is 18.4. The van der Waals surface area contributed by atoms with Gasteiger partial charge in [0.25, 0.3) is 0 Å². The van der Waals surface area contributed by atoms with E-state index < -0.39 is 21.8 Å². The summed E-state index contributed by atoms with van der Waals surface area (Å²) >= 11 is 0. The Bertz CT molecular complexity index is 2320. The fourth-order valence-electron chi connectivity index (χ4n) is 6.95. The molecule has 0 aliphatic heterocycles. The van der Waals surface area contributed by atoms with Crippen LogP contribution in [0.2, 0.25) is 0 Å². The number of esters is 1. The van der Waals surface area contributed by atoms with Crippen molar-refractivity contribution in [3.63, 3.8) is 0 Å². The molecule has 2 N–H and O–H groups in total. The first-order valence-corrected chi connectivity index (χ1v) is 20.5. The summed E-state index contributed by atoms with van der Waals surface area (Å²) in [6.07, 6.45) is 0. The summed E-state index contributed by atoms with van der Waals surface area (Å²) in [6.45, 7) is 19.5. The Labute approximate surface area is 356 Å². The van der Waals surface area contributed by atoms with E-state index in [4.69, 9.17) is 14.2 Å². The molecule has 6 aromatic rings. The summed E-state index contributed by atoms with van der Waals surface area (Å²) in [5, 5.41) is 6.48. The quantitative estimate of drug-likeness (QED) is 0.0687. The number of rotatable bonds is 13. The Hall–Kier alpha value is -6.34. The van der Waals surface area contributed by atoms with Crippen LogP contribution in [0.5, 0.6) is 23.0 Å². The van der Waals surface area contributed by atoms with Crippen LogP contribution in [0.1, 0.15) is 91.5 Å². The number of nitrogens with one attached hydrogen (secondary N) is 2. The van der Waals surface area contributed by atoms with Gasteiger partial charge in [-0.05, 0) is 144 Å². The molecule has 0 aliphatic rings. The molecule has 1 amide bonds. The first-order chi connectivity index (χ1) is 28.3. The zero-order chi connectivity index (χ0) is 43.3. The van der Waals surface area contributed by atoms with Crippen molar-refractivity contribution in [2.24, 2.45) is 10.8 Å². The fraction of sp³-hybridized carbons (Fsp3) is 0.283. The molecule has 6 rings (SSSR count). The molecular formula is C53H58N2O5. The largest absolute Gasteiger partial charge is 0.488 e. The lowest BCUT2D eigenvalue weighted by Gasteiger charge is -2.40. The topological polar surface area (TPSA) is 85.9 Å². The van der Waals surface area contributed by atoms with Crippen molar-refractivity contribution in [3.05, 3.63) is 180 Å². The van der Waals surface area contributed by atoms with Crippen molar-refractivity contribution in [3.8, 4) is 23.0 Å². The maximum Gasteiger partial charge on any atom is 0.319 e. The minimum absolute atomic E-state index is 0.0528. The number of benzene rings is 6. The van der Waals surface area contributed by atoms with Crippen LogP contribution in [-0.2, 0) is 15.0 Å². The lowest BCUT2D eigenvalue weighted by atomic mass is 9.65. The highest BCUT2D eigenvalue weighted by Gasteiger charge is 2.45. The molecule has 0 radical (unpaired) electrons. The Morgan fingerprint density at radius 1 is 0.450 bits per heavy atom. The number of hydrogen-bond acceptors (Lipinski definition) is 6. The van der Waals surface area contributed by atoms with Gasteiger partial charge in [-0.25, -0.2) is 0 Å². The first-order valence-electron chi connectivity index (χ1n) is 20.5. The summed E-state index contributed by atoms with van der Waals surface area (Å²) in [5.41, 5.74) is 2.72. The first kappa shape index (κ1) is 43.2. The summed E-state index contributed by atoms with van der Waals surface area (Å²) in [6, 6.07) is 52.1. The van der Waals surface area contributed by atoms with Crippen molar-refractivity contribution < 1.29 is 23.8 Å². The average Bonchev–Trinajstić information content (AvgIpc) is 3.20. The molecule has 7 nitrogen and oxygen atoms in total. The Morgan fingerprint density at radius 2 is 0.850 bits per heavy atom. The van der Waals surface area contributed by atoms with Gasteiger partial charge in [-0.3, -0.25) is 9.59 Å². The van der Waals surface area contributed by atoms with Gasteiger partial charge >= 0.3 is 5.97 Å². The van der Waals surface area contributed by atoms with Crippen LogP contribution in [0.25, 0.3) is 0 Å². The molecule has 0 atom stereocenters. The van der Waals surface area contributed by atoms with Crippen molar-refractivity contribution in [2.45, 2.75) is 85.8 Å². The number of carbonyl (C=O) groups excluding carboxylic acids is 2. The zero-order valence-corrected chi connectivity index (χ0v) is 36.6. The Kier molecular flexibility index (Phi) is 12.3. The third-order valence-corrected chi connectivity index (χ3v) is 11.0. The Morgan fingerprint density at radius 3 is 1.28 bits per heavy atom. The lowest BCUT2D eigenvalue weighted by molar-refractivity contribution is -0.146. The third-order valence-electron chi connectivity index (χ3n) is 11.0. The molecule has 0 saturated heterocycles. The number of carbonyl (C=O) groups is 2.